The van der Waals surface area contributed by atoms with Gasteiger partial charge in [-0.3, -0.25) is 20.4 Å². The highest BCUT2D eigenvalue weighted by Gasteiger charge is 2.13. The number of amides is 2. The van der Waals surface area contributed by atoms with Crippen LogP contribution in [0.5, 0.6) is 11.5 Å². The first kappa shape index (κ1) is 18.2. The molecule has 1 heterocycles. The van der Waals surface area contributed by atoms with Crippen LogP contribution in [-0.4, -0.2) is 37.2 Å². The Labute approximate surface area is 150 Å². The number of hydrogen-bond donors (Lipinski definition) is 3. The number of ether oxygens (including phenoxy) is 2. The van der Waals surface area contributed by atoms with Crippen LogP contribution < -0.4 is 20.3 Å². The molecule has 1 aromatic heterocycles. The van der Waals surface area contributed by atoms with Gasteiger partial charge in [0.1, 0.15) is 6.61 Å². The lowest BCUT2D eigenvalue weighted by molar-refractivity contribution is 0.0848. The molecule has 128 valence electrons. The predicted octanol–water partition coefficient (Wildman–Crippen LogP) is 1.97. The summed E-state index contributed by atoms with van der Waals surface area (Å²) in [6, 6.07) is 7.96. The van der Waals surface area contributed by atoms with Gasteiger partial charge in [-0.25, -0.2) is 0 Å². The smallest absolute Gasteiger partial charge is 0.279 e. The lowest BCUT2D eigenvalue weighted by atomic mass is 10.2. The second-order valence-corrected chi connectivity index (χ2v) is 6.91. The Morgan fingerprint density at radius 3 is 2.54 bits per heavy atom. The normalized spacial score (nSPS) is 10.1. The second-order valence-electron chi connectivity index (χ2n) is 4.45. The number of hydrogen-bond acceptors (Lipinski definition) is 6. The zero-order chi connectivity index (χ0) is 17.5. The molecule has 2 rings (SSSR count). The summed E-state index contributed by atoms with van der Waals surface area (Å²) in [4.78, 5) is 24.5. The summed E-state index contributed by atoms with van der Waals surface area (Å²) in [5, 5.41) is 8.83. The van der Waals surface area contributed by atoms with Gasteiger partial charge in [-0.15, -0.1) is 11.3 Å². The van der Waals surface area contributed by atoms with Crippen LogP contribution >= 0.6 is 27.3 Å². The first-order valence-corrected chi connectivity index (χ1v) is 8.44. The van der Waals surface area contributed by atoms with Gasteiger partial charge in [-0.05, 0) is 46.3 Å². The van der Waals surface area contributed by atoms with Crippen LogP contribution in [0.15, 0.2) is 34.1 Å². The van der Waals surface area contributed by atoms with E-state index in [0.717, 1.165) is 3.79 Å². The fraction of sp³-hybridized carbons (Fsp3) is 0.200. The number of carbonyl (C=O) groups is 2. The molecule has 0 saturated carbocycles. The lowest BCUT2D eigenvalue weighted by Gasteiger charge is -2.12. The van der Waals surface area contributed by atoms with Crippen LogP contribution in [0.3, 0.4) is 0 Å². The fourth-order valence-electron chi connectivity index (χ4n) is 1.77. The molecule has 24 heavy (non-hydrogen) atoms. The Kier molecular flexibility index (Phi) is 6.59. The number of thiophene rings is 1. The van der Waals surface area contributed by atoms with Crippen molar-refractivity contribution >= 4 is 39.1 Å². The largest absolute Gasteiger partial charge is 0.493 e. The van der Waals surface area contributed by atoms with Crippen LogP contribution in [-0.2, 0) is 0 Å². The Bertz CT molecular complexity index is 734. The van der Waals surface area contributed by atoms with E-state index in [9.17, 15) is 9.59 Å². The van der Waals surface area contributed by atoms with Crippen LogP contribution in [0.1, 0.15) is 20.0 Å². The molecule has 0 fully saturated rings. The van der Waals surface area contributed by atoms with Gasteiger partial charge >= 0.3 is 0 Å². The molecule has 2 amide bonds. The van der Waals surface area contributed by atoms with Crippen molar-refractivity contribution in [2.24, 2.45) is 0 Å². The third kappa shape index (κ3) is 4.70. The van der Waals surface area contributed by atoms with Crippen molar-refractivity contribution in [3.8, 4) is 11.5 Å². The Hall–Kier alpha value is -2.10. The number of halogens is 1. The number of carbonyl (C=O) groups excluding carboxylic acids is 2. The zero-order valence-corrected chi connectivity index (χ0v) is 15.1. The molecule has 3 N–H and O–H groups in total. The van der Waals surface area contributed by atoms with Crippen molar-refractivity contribution < 1.29 is 24.2 Å². The topological polar surface area (TPSA) is 96.9 Å². The standard InChI is InChI=1S/C15H15BrN2O5S/c1-22-10-3-2-9(8-11(10)23-7-6-19)14(20)17-18-15(21)12-4-5-13(16)24-12/h2-5,8,19H,6-7H2,1H3,(H,17,20)(H,18,21). The summed E-state index contributed by atoms with van der Waals surface area (Å²) in [7, 11) is 1.47. The van der Waals surface area contributed by atoms with Crippen LogP contribution in [0.4, 0.5) is 0 Å². The Morgan fingerprint density at radius 1 is 1.17 bits per heavy atom. The van der Waals surface area contributed by atoms with E-state index in [-0.39, 0.29) is 18.8 Å². The average Bonchev–Trinajstić information content (AvgIpc) is 3.03. The highest BCUT2D eigenvalue weighted by Crippen LogP contribution is 2.28. The monoisotopic (exact) mass is 414 g/mol. The van der Waals surface area contributed by atoms with Gasteiger partial charge in [0.15, 0.2) is 11.5 Å². The quantitative estimate of drug-likeness (QED) is 0.627. The molecule has 0 aliphatic heterocycles. The molecule has 1 aromatic carbocycles. The van der Waals surface area contributed by atoms with Crippen molar-refractivity contribution in [3.05, 3.63) is 44.6 Å². The zero-order valence-electron chi connectivity index (χ0n) is 12.7. The SMILES string of the molecule is COc1ccc(C(=O)NNC(=O)c2ccc(Br)s2)cc1OCCO. The molecule has 2 aromatic rings. The molecular formula is C15H15BrN2O5S. The fourth-order valence-corrected chi connectivity index (χ4v) is 3.05. The average molecular weight is 415 g/mol. The summed E-state index contributed by atoms with van der Waals surface area (Å²) < 4.78 is 11.3. The second kappa shape index (κ2) is 8.67. The molecule has 0 atom stereocenters. The van der Waals surface area contributed by atoms with Gasteiger partial charge in [0, 0.05) is 5.56 Å². The van der Waals surface area contributed by atoms with E-state index in [1.807, 2.05) is 0 Å². The molecule has 0 aliphatic rings. The van der Waals surface area contributed by atoms with Crippen molar-refractivity contribution in [2.45, 2.75) is 0 Å². The Morgan fingerprint density at radius 2 is 1.92 bits per heavy atom. The first-order chi connectivity index (χ1) is 11.5. The third-order valence-corrected chi connectivity index (χ3v) is 4.48. The van der Waals surface area contributed by atoms with E-state index >= 15 is 0 Å². The van der Waals surface area contributed by atoms with Crippen molar-refractivity contribution in [3.63, 3.8) is 0 Å². The van der Waals surface area contributed by atoms with Gasteiger partial charge in [0.05, 0.1) is 22.4 Å². The van der Waals surface area contributed by atoms with E-state index in [1.165, 1.54) is 30.6 Å². The maximum Gasteiger partial charge on any atom is 0.279 e. The number of nitrogens with one attached hydrogen (secondary N) is 2. The first-order valence-electron chi connectivity index (χ1n) is 6.83. The molecule has 0 bridgehead atoms. The van der Waals surface area contributed by atoms with Crippen molar-refractivity contribution in [1.82, 2.24) is 10.9 Å². The van der Waals surface area contributed by atoms with E-state index in [2.05, 4.69) is 26.8 Å². The molecule has 0 spiro atoms. The minimum absolute atomic E-state index is 0.0748. The summed E-state index contributed by atoms with van der Waals surface area (Å²) >= 11 is 4.52. The minimum atomic E-state index is -0.504. The van der Waals surface area contributed by atoms with Crippen LogP contribution in [0, 0.1) is 0 Å². The molecule has 0 unspecified atom stereocenters. The van der Waals surface area contributed by atoms with Crippen molar-refractivity contribution in [2.75, 3.05) is 20.3 Å². The van der Waals surface area contributed by atoms with Crippen molar-refractivity contribution in [1.29, 1.82) is 0 Å². The number of rotatable bonds is 6. The number of hydrazine groups is 1. The van der Waals surface area contributed by atoms with Gasteiger partial charge < -0.3 is 14.6 Å². The highest BCUT2D eigenvalue weighted by molar-refractivity contribution is 9.11. The number of aliphatic hydroxyl groups excluding tert-OH is 1. The Balaban J connectivity index is 2.02. The third-order valence-electron chi connectivity index (χ3n) is 2.86. The maximum absolute atomic E-state index is 12.1. The predicted molar refractivity (Wildman–Crippen MR) is 92.5 cm³/mol. The molecular weight excluding hydrogens is 400 g/mol. The number of methoxy groups -OCH3 is 1. The number of aliphatic hydroxyl groups is 1. The van der Waals surface area contributed by atoms with E-state index < -0.39 is 11.8 Å². The van der Waals surface area contributed by atoms with Gasteiger partial charge in [-0.2, -0.15) is 0 Å². The molecule has 9 heteroatoms. The molecule has 0 radical (unpaired) electrons. The summed E-state index contributed by atoms with van der Waals surface area (Å²) in [6.45, 7) is -0.0859. The van der Waals surface area contributed by atoms with Gasteiger partial charge in [-0.1, -0.05) is 0 Å². The van der Waals surface area contributed by atoms with E-state index in [4.69, 9.17) is 14.6 Å². The van der Waals surface area contributed by atoms with Gasteiger partial charge in [0.25, 0.3) is 11.8 Å². The van der Waals surface area contributed by atoms with Gasteiger partial charge in [0.2, 0.25) is 0 Å². The van der Waals surface area contributed by atoms with Crippen LogP contribution in [0.25, 0.3) is 0 Å². The summed E-state index contributed by atoms with van der Waals surface area (Å²) in [5.41, 5.74) is 4.95. The summed E-state index contributed by atoms with van der Waals surface area (Å²) in [5.74, 6) is -0.153. The minimum Gasteiger partial charge on any atom is -0.493 e. The highest BCUT2D eigenvalue weighted by atomic mass is 79.9. The summed E-state index contributed by atoms with van der Waals surface area (Å²) in [6.07, 6.45) is 0. The lowest BCUT2D eigenvalue weighted by Crippen LogP contribution is -2.41. The maximum atomic E-state index is 12.1. The molecule has 0 aliphatic carbocycles. The van der Waals surface area contributed by atoms with E-state index in [1.54, 1.807) is 18.2 Å². The molecule has 7 nitrogen and oxygen atoms in total. The molecule has 0 saturated heterocycles. The van der Waals surface area contributed by atoms with E-state index in [0.29, 0.717) is 16.4 Å². The number of benzene rings is 1. The van der Waals surface area contributed by atoms with Crippen LogP contribution in [0.2, 0.25) is 0 Å².